The van der Waals surface area contributed by atoms with Crippen LogP contribution in [0.2, 0.25) is 5.02 Å². The molecule has 6 nitrogen and oxygen atoms in total. The smallest absolute Gasteiger partial charge is 0.266 e. The summed E-state index contributed by atoms with van der Waals surface area (Å²) in [5, 5.41) is 0.459. The van der Waals surface area contributed by atoms with E-state index >= 15 is 0 Å². The van der Waals surface area contributed by atoms with E-state index in [-0.39, 0.29) is 4.90 Å². The van der Waals surface area contributed by atoms with Gasteiger partial charge in [-0.15, -0.1) is 0 Å². The lowest BCUT2D eigenvalue weighted by Gasteiger charge is -2.21. The van der Waals surface area contributed by atoms with Gasteiger partial charge in [0.05, 0.1) is 15.1 Å². The van der Waals surface area contributed by atoms with Crippen LogP contribution in [0.1, 0.15) is 24.0 Å². The Morgan fingerprint density at radius 3 is 2.60 bits per heavy atom. The molecule has 4 rings (SSSR count). The number of carbonyl (C=O) groups is 1. The van der Waals surface area contributed by atoms with E-state index in [4.69, 9.17) is 11.6 Å². The number of thiazole rings is 1. The highest BCUT2D eigenvalue weighted by atomic mass is 35.5. The van der Waals surface area contributed by atoms with E-state index in [0.29, 0.717) is 29.2 Å². The second-order valence-corrected chi connectivity index (χ2v) is 10.9. The van der Waals surface area contributed by atoms with Crippen LogP contribution in [-0.4, -0.2) is 35.8 Å². The molecule has 3 aromatic rings. The monoisotopic (exact) mass is 463 g/mol. The second kappa shape index (κ2) is 7.92. The summed E-state index contributed by atoms with van der Waals surface area (Å²) >= 11 is 7.33. The fourth-order valence-corrected chi connectivity index (χ4v) is 6.71. The van der Waals surface area contributed by atoms with Crippen molar-refractivity contribution < 1.29 is 13.2 Å². The lowest BCUT2D eigenvalue weighted by atomic mass is 10.1. The number of halogens is 1. The van der Waals surface area contributed by atoms with E-state index < -0.39 is 22.0 Å². The van der Waals surface area contributed by atoms with Gasteiger partial charge in [-0.05, 0) is 68.1 Å². The van der Waals surface area contributed by atoms with Crippen molar-refractivity contribution in [1.82, 2.24) is 8.87 Å². The van der Waals surface area contributed by atoms with E-state index in [1.165, 1.54) is 39.9 Å². The molecular formula is C21H22ClN3O3S2. The summed E-state index contributed by atoms with van der Waals surface area (Å²) in [7, 11) is -1.92. The third-order valence-corrected chi connectivity index (χ3v) is 8.81. The SMILES string of the molecule is Cc1cc(C)c2sc(=NC(=O)C3CCCN3S(=O)(=O)c3ccc(Cl)cc3)n(C)c2c1. The van der Waals surface area contributed by atoms with Gasteiger partial charge in [0, 0.05) is 18.6 Å². The van der Waals surface area contributed by atoms with Gasteiger partial charge in [0.1, 0.15) is 6.04 Å². The van der Waals surface area contributed by atoms with Gasteiger partial charge in [0.25, 0.3) is 5.91 Å². The number of aryl methyl sites for hydroxylation is 3. The Balaban J connectivity index is 1.71. The van der Waals surface area contributed by atoms with Gasteiger partial charge in [0.15, 0.2) is 4.80 Å². The minimum absolute atomic E-state index is 0.130. The maximum atomic E-state index is 13.1. The Kier molecular flexibility index (Phi) is 5.61. The van der Waals surface area contributed by atoms with Crippen molar-refractivity contribution in [2.45, 2.75) is 37.6 Å². The third-order valence-electron chi connectivity index (χ3n) is 5.36. The standard InChI is InChI=1S/C21H22ClN3O3S2/c1-13-11-14(2)19-18(12-13)24(3)21(29-19)23-20(26)17-5-4-10-25(17)30(27,28)16-8-6-15(22)7-9-16/h6-9,11-12,17H,4-5,10H2,1-3H3. The summed E-state index contributed by atoms with van der Waals surface area (Å²) in [5.74, 6) is -0.429. The van der Waals surface area contributed by atoms with Gasteiger partial charge in [-0.1, -0.05) is 29.0 Å². The van der Waals surface area contributed by atoms with Crippen LogP contribution in [0.3, 0.4) is 0 Å². The number of carbonyl (C=O) groups excluding carboxylic acids is 1. The van der Waals surface area contributed by atoms with Crippen LogP contribution in [-0.2, 0) is 21.9 Å². The minimum atomic E-state index is -3.80. The summed E-state index contributed by atoms with van der Waals surface area (Å²) in [5.41, 5.74) is 3.29. The molecule has 1 unspecified atom stereocenters. The maximum absolute atomic E-state index is 13.1. The highest BCUT2D eigenvalue weighted by molar-refractivity contribution is 7.89. The molecule has 2 aromatic carbocycles. The second-order valence-electron chi connectivity index (χ2n) is 7.55. The van der Waals surface area contributed by atoms with Gasteiger partial charge >= 0.3 is 0 Å². The highest BCUT2D eigenvalue weighted by Crippen LogP contribution is 2.28. The molecule has 0 saturated carbocycles. The van der Waals surface area contributed by atoms with E-state index in [1.54, 1.807) is 0 Å². The van der Waals surface area contributed by atoms with Crippen LogP contribution in [0.25, 0.3) is 10.2 Å². The van der Waals surface area contributed by atoms with Crippen molar-refractivity contribution >= 4 is 49.1 Å². The molecule has 2 heterocycles. The van der Waals surface area contributed by atoms with Crippen LogP contribution >= 0.6 is 22.9 Å². The third kappa shape index (κ3) is 3.73. The van der Waals surface area contributed by atoms with Crippen LogP contribution < -0.4 is 4.80 Å². The summed E-state index contributed by atoms with van der Waals surface area (Å²) < 4.78 is 30.4. The Morgan fingerprint density at radius 1 is 1.20 bits per heavy atom. The number of amides is 1. The first-order valence-electron chi connectivity index (χ1n) is 9.61. The number of sulfonamides is 1. The molecular weight excluding hydrogens is 442 g/mol. The molecule has 1 amide bonds. The number of rotatable bonds is 3. The summed E-state index contributed by atoms with van der Waals surface area (Å²) in [4.78, 5) is 18.1. The zero-order valence-corrected chi connectivity index (χ0v) is 19.3. The number of nitrogens with zero attached hydrogens (tertiary/aromatic N) is 3. The summed E-state index contributed by atoms with van der Waals surface area (Å²) in [6, 6.07) is 9.37. The zero-order valence-electron chi connectivity index (χ0n) is 16.9. The average molecular weight is 464 g/mol. The zero-order chi connectivity index (χ0) is 21.6. The Bertz CT molecular complexity index is 1310. The van der Waals surface area contributed by atoms with Crippen LogP contribution in [0.5, 0.6) is 0 Å². The average Bonchev–Trinajstić information content (AvgIpc) is 3.29. The van der Waals surface area contributed by atoms with Crippen LogP contribution in [0.4, 0.5) is 0 Å². The van der Waals surface area contributed by atoms with Gasteiger partial charge in [-0.25, -0.2) is 8.42 Å². The quantitative estimate of drug-likeness (QED) is 0.593. The lowest BCUT2D eigenvalue weighted by molar-refractivity contribution is -0.121. The van der Waals surface area contributed by atoms with E-state index in [1.807, 2.05) is 25.5 Å². The molecule has 158 valence electrons. The Hall–Kier alpha value is -2.00. The molecule has 30 heavy (non-hydrogen) atoms. The number of fused-ring (bicyclic) bond motifs is 1. The molecule has 0 aliphatic carbocycles. The van der Waals surface area contributed by atoms with Crippen molar-refractivity contribution in [3.63, 3.8) is 0 Å². The normalized spacial score (nSPS) is 18.4. The molecule has 1 aromatic heterocycles. The van der Waals surface area contributed by atoms with Crippen molar-refractivity contribution in [2.75, 3.05) is 6.54 Å². The predicted octanol–water partition coefficient (Wildman–Crippen LogP) is 3.79. The molecule has 9 heteroatoms. The molecule has 1 saturated heterocycles. The topological polar surface area (TPSA) is 71.7 Å². The molecule has 0 bridgehead atoms. The van der Waals surface area contributed by atoms with Gasteiger partial charge < -0.3 is 4.57 Å². The van der Waals surface area contributed by atoms with E-state index in [2.05, 4.69) is 17.1 Å². The number of aromatic nitrogens is 1. The Morgan fingerprint density at radius 2 is 1.90 bits per heavy atom. The highest BCUT2D eigenvalue weighted by Gasteiger charge is 2.39. The first-order valence-corrected chi connectivity index (χ1v) is 12.2. The fraction of sp³-hybridized carbons (Fsp3) is 0.333. The van der Waals surface area contributed by atoms with Crippen molar-refractivity contribution in [3.8, 4) is 0 Å². The van der Waals surface area contributed by atoms with Crippen molar-refractivity contribution in [2.24, 2.45) is 12.0 Å². The largest absolute Gasteiger partial charge is 0.319 e. The predicted molar refractivity (Wildman–Crippen MR) is 119 cm³/mol. The first-order chi connectivity index (χ1) is 14.2. The summed E-state index contributed by atoms with van der Waals surface area (Å²) in [6.07, 6.45) is 1.08. The Labute approximate surface area is 184 Å². The minimum Gasteiger partial charge on any atom is -0.319 e. The van der Waals surface area contributed by atoms with E-state index in [0.717, 1.165) is 21.3 Å². The molecule has 1 fully saturated rings. The molecule has 1 aliphatic rings. The number of hydrogen-bond donors (Lipinski definition) is 0. The fourth-order valence-electron chi connectivity index (χ4n) is 3.86. The summed E-state index contributed by atoms with van der Waals surface area (Å²) in [6.45, 7) is 4.37. The van der Waals surface area contributed by atoms with Crippen molar-refractivity contribution in [3.05, 3.63) is 57.3 Å². The van der Waals surface area contributed by atoms with Crippen LogP contribution in [0, 0.1) is 13.8 Å². The van der Waals surface area contributed by atoms with Gasteiger partial charge in [-0.3, -0.25) is 4.79 Å². The molecule has 1 atom stereocenters. The number of hydrogen-bond acceptors (Lipinski definition) is 4. The molecule has 0 spiro atoms. The van der Waals surface area contributed by atoms with Gasteiger partial charge in [-0.2, -0.15) is 9.30 Å². The first kappa shape index (κ1) is 21.2. The molecule has 0 N–H and O–H groups in total. The van der Waals surface area contributed by atoms with Crippen molar-refractivity contribution in [1.29, 1.82) is 0 Å². The lowest BCUT2D eigenvalue weighted by Crippen LogP contribution is -2.40. The molecule has 1 aliphatic heterocycles. The molecule has 0 radical (unpaired) electrons. The maximum Gasteiger partial charge on any atom is 0.266 e. The van der Waals surface area contributed by atoms with Crippen LogP contribution in [0.15, 0.2) is 46.3 Å². The van der Waals surface area contributed by atoms with E-state index in [9.17, 15) is 13.2 Å². The van der Waals surface area contributed by atoms with Gasteiger partial charge in [0.2, 0.25) is 10.0 Å². The number of benzene rings is 2.